The predicted molar refractivity (Wildman–Crippen MR) is 44.4 cm³/mol. The van der Waals surface area contributed by atoms with Crippen LogP contribution in [0.3, 0.4) is 0 Å². The van der Waals surface area contributed by atoms with Gasteiger partial charge in [0, 0.05) is 12.6 Å². The van der Waals surface area contributed by atoms with E-state index in [4.69, 9.17) is 5.73 Å². The van der Waals surface area contributed by atoms with Gasteiger partial charge < -0.3 is 11.1 Å². The molecule has 0 spiro atoms. The van der Waals surface area contributed by atoms with Crippen LogP contribution in [0.1, 0.15) is 19.3 Å². The van der Waals surface area contributed by atoms with Gasteiger partial charge in [0.2, 0.25) is 0 Å². The van der Waals surface area contributed by atoms with Gasteiger partial charge in [0.05, 0.1) is 0 Å². The van der Waals surface area contributed by atoms with Crippen molar-refractivity contribution in [3.05, 3.63) is 0 Å². The first kappa shape index (κ1) is 11.3. The fraction of sp³-hybridized carbons (Fsp3) is 0.875. The molecule has 82 valence electrons. The summed E-state index contributed by atoms with van der Waals surface area (Å²) in [6.07, 6.45) is -1.92. The Morgan fingerprint density at radius 3 is 2.50 bits per heavy atom. The normalized spacial score (nSPS) is 19.1. The minimum Gasteiger partial charge on any atom is -0.347 e. The summed E-state index contributed by atoms with van der Waals surface area (Å²) in [6, 6.07) is -0.367. The molecule has 1 aliphatic rings. The molecule has 0 bridgehead atoms. The van der Waals surface area contributed by atoms with Crippen molar-refractivity contribution in [1.82, 2.24) is 5.32 Å². The molecule has 1 rings (SSSR count). The third-order valence-electron chi connectivity index (χ3n) is 2.12. The summed E-state index contributed by atoms with van der Waals surface area (Å²) < 4.78 is 35.2. The van der Waals surface area contributed by atoms with Gasteiger partial charge in [-0.25, -0.2) is 0 Å². The van der Waals surface area contributed by atoms with Crippen LogP contribution in [0, 0.1) is 5.92 Å². The van der Waals surface area contributed by atoms with Gasteiger partial charge in [-0.1, -0.05) is 12.8 Å². The lowest BCUT2D eigenvalue weighted by molar-refractivity contribution is -0.173. The molecular weight excluding hydrogens is 197 g/mol. The van der Waals surface area contributed by atoms with Crippen LogP contribution < -0.4 is 11.1 Å². The molecular formula is C8H13F3N2O. The van der Waals surface area contributed by atoms with Crippen LogP contribution in [0.15, 0.2) is 0 Å². The zero-order valence-electron chi connectivity index (χ0n) is 7.60. The van der Waals surface area contributed by atoms with Gasteiger partial charge in [0.1, 0.15) is 0 Å². The Bertz CT molecular complexity index is 213. The van der Waals surface area contributed by atoms with E-state index in [0.717, 1.165) is 12.8 Å². The van der Waals surface area contributed by atoms with E-state index in [-0.39, 0.29) is 12.6 Å². The Kier molecular flexibility index (Phi) is 3.36. The first-order valence-corrected chi connectivity index (χ1v) is 4.50. The number of carbonyl (C=O) groups excluding carboxylic acids is 1. The second-order valence-corrected chi connectivity index (χ2v) is 3.65. The fourth-order valence-corrected chi connectivity index (χ4v) is 1.19. The van der Waals surface area contributed by atoms with E-state index in [1.165, 1.54) is 0 Å². The number of hydrogen-bond acceptors (Lipinski definition) is 2. The molecule has 0 aliphatic heterocycles. The molecule has 0 saturated heterocycles. The van der Waals surface area contributed by atoms with Crippen molar-refractivity contribution in [2.45, 2.75) is 31.5 Å². The highest BCUT2D eigenvalue weighted by atomic mass is 19.4. The Balaban J connectivity index is 2.15. The molecule has 0 aromatic rings. The molecule has 3 nitrogen and oxygen atoms in total. The lowest BCUT2D eigenvalue weighted by atomic mass is 10.1. The van der Waals surface area contributed by atoms with Crippen LogP contribution in [0.25, 0.3) is 0 Å². The van der Waals surface area contributed by atoms with Crippen molar-refractivity contribution >= 4 is 5.91 Å². The second-order valence-electron chi connectivity index (χ2n) is 3.65. The number of halogens is 3. The third kappa shape index (κ3) is 3.95. The fourth-order valence-electron chi connectivity index (χ4n) is 1.19. The quantitative estimate of drug-likeness (QED) is 0.720. The van der Waals surface area contributed by atoms with Gasteiger partial charge in [-0.05, 0) is 12.3 Å². The van der Waals surface area contributed by atoms with Gasteiger partial charge in [0.25, 0.3) is 0 Å². The van der Waals surface area contributed by atoms with Gasteiger partial charge in [-0.2, -0.15) is 13.2 Å². The van der Waals surface area contributed by atoms with E-state index in [1.807, 2.05) is 0 Å². The first-order valence-electron chi connectivity index (χ1n) is 4.50. The molecule has 1 atom stereocenters. The maximum atomic E-state index is 11.7. The molecule has 14 heavy (non-hydrogen) atoms. The van der Waals surface area contributed by atoms with Crippen molar-refractivity contribution in [2.75, 3.05) is 6.54 Å². The maximum absolute atomic E-state index is 11.7. The van der Waals surface area contributed by atoms with E-state index >= 15 is 0 Å². The number of hydrogen-bond donors (Lipinski definition) is 2. The van der Waals surface area contributed by atoms with Crippen molar-refractivity contribution in [3.8, 4) is 0 Å². The molecule has 0 aromatic carbocycles. The van der Waals surface area contributed by atoms with Gasteiger partial charge in [-0.3, -0.25) is 4.79 Å². The van der Waals surface area contributed by atoms with E-state index < -0.39 is 12.1 Å². The third-order valence-corrected chi connectivity index (χ3v) is 2.12. The van der Waals surface area contributed by atoms with Crippen molar-refractivity contribution < 1.29 is 18.0 Å². The van der Waals surface area contributed by atoms with Crippen LogP contribution in [0.2, 0.25) is 0 Å². The zero-order valence-corrected chi connectivity index (χ0v) is 7.60. The zero-order chi connectivity index (χ0) is 10.8. The summed E-state index contributed by atoms with van der Waals surface area (Å²) in [5.41, 5.74) is 5.52. The molecule has 1 amide bonds. The molecule has 0 radical (unpaired) electrons. The van der Waals surface area contributed by atoms with Crippen molar-refractivity contribution in [2.24, 2.45) is 11.7 Å². The summed E-state index contributed by atoms with van der Waals surface area (Å²) in [6.45, 7) is -0.102. The van der Waals surface area contributed by atoms with Crippen LogP contribution in [0.5, 0.6) is 0 Å². The average molecular weight is 210 g/mol. The second kappa shape index (κ2) is 4.16. The SMILES string of the molecule is N[C@H](CNC(=O)C(F)(F)F)CC1CC1. The molecule has 0 aromatic heterocycles. The van der Waals surface area contributed by atoms with Gasteiger partial charge in [0.15, 0.2) is 0 Å². The van der Waals surface area contributed by atoms with Crippen LogP contribution >= 0.6 is 0 Å². The number of nitrogens with two attached hydrogens (primary N) is 1. The molecule has 1 saturated carbocycles. The van der Waals surface area contributed by atoms with E-state index in [1.54, 1.807) is 5.32 Å². The number of carbonyl (C=O) groups is 1. The molecule has 1 aliphatic carbocycles. The topological polar surface area (TPSA) is 55.1 Å². The van der Waals surface area contributed by atoms with Crippen LogP contribution in [-0.4, -0.2) is 24.7 Å². The summed E-state index contributed by atoms with van der Waals surface area (Å²) >= 11 is 0. The first-order chi connectivity index (χ1) is 6.39. The summed E-state index contributed by atoms with van der Waals surface area (Å²) in [7, 11) is 0. The lowest BCUT2D eigenvalue weighted by Crippen LogP contribution is -2.43. The Morgan fingerprint density at radius 1 is 1.50 bits per heavy atom. The van der Waals surface area contributed by atoms with Crippen molar-refractivity contribution in [1.29, 1.82) is 0 Å². The molecule has 3 N–H and O–H groups in total. The van der Waals surface area contributed by atoms with Gasteiger partial charge in [-0.15, -0.1) is 0 Å². The largest absolute Gasteiger partial charge is 0.471 e. The monoisotopic (exact) mass is 210 g/mol. The van der Waals surface area contributed by atoms with E-state index in [9.17, 15) is 18.0 Å². The highest BCUT2D eigenvalue weighted by Gasteiger charge is 2.38. The maximum Gasteiger partial charge on any atom is 0.471 e. The number of amides is 1. The Labute approximate surface area is 79.8 Å². The van der Waals surface area contributed by atoms with Gasteiger partial charge >= 0.3 is 12.1 Å². The average Bonchev–Trinajstić information content (AvgIpc) is 2.82. The smallest absolute Gasteiger partial charge is 0.347 e. The molecule has 0 unspecified atom stereocenters. The Morgan fingerprint density at radius 2 is 2.07 bits per heavy atom. The van der Waals surface area contributed by atoms with Crippen LogP contribution in [0.4, 0.5) is 13.2 Å². The predicted octanol–water partition coefficient (Wildman–Crippen LogP) is 0.792. The highest BCUT2D eigenvalue weighted by Crippen LogP contribution is 2.32. The summed E-state index contributed by atoms with van der Waals surface area (Å²) in [4.78, 5) is 10.4. The highest BCUT2D eigenvalue weighted by molar-refractivity contribution is 5.81. The lowest BCUT2D eigenvalue weighted by Gasteiger charge is -2.13. The standard InChI is InChI=1S/C8H13F3N2O/c9-8(10,11)7(14)13-4-6(12)3-5-1-2-5/h5-6H,1-4,12H2,(H,13,14)/t6-/m0/s1. The van der Waals surface area contributed by atoms with E-state index in [0.29, 0.717) is 12.3 Å². The van der Waals surface area contributed by atoms with Crippen LogP contribution in [-0.2, 0) is 4.79 Å². The minimum atomic E-state index is -4.81. The van der Waals surface area contributed by atoms with Crippen molar-refractivity contribution in [3.63, 3.8) is 0 Å². The number of nitrogens with one attached hydrogen (secondary N) is 1. The minimum absolute atomic E-state index is 0.102. The summed E-state index contributed by atoms with van der Waals surface area (Å²) in [5.74, 6) is -1.36. The van der Waals surface area contributed by atoms with E-state index in [2.05, 4.69) is 0 Å². The molecule has 0 heterocycles. The number of alkyl halides is 3. The number of rotatable bonds is 4. The molecule has 6 heteroatoms. The molecule has 1 fully saturated rings. The Hall–Kier alpha value is -0.780. The summed E-state index contributed by atoms with van der Waals surface area (Å²) in [5, 5.41) is 1.77.